The van der Waals surface area contributed by atoms with Crippen molar-refractivity contribution in [2.45, 2.75) is 62.7 Å². The quantitative estimate of drug-likeness (QED) is 0.305. The molecule has 0 radical (unpaired) electrons. The van der Waals surface area contributed by atoms with Gasteiger partial charge in [0.2, 0.25) is 15.9 Å². The average molecular weight is 792 g/mol. The summed E-state index contributed by atoms with van der Waals surface area (Å²) in [4.78, 5) is 29.1. The molecular formula is C35H43Cl2F3N4O7S. The number of fused-ring (bicyclic) bond motifs is 1. The van der Waals surface area contributed by atoms with E-state index in [1.54, 1.807) is 0 Å². The molecule has 1 N–H and O–H groups in total. The number of alkyl halides is 3. The van der Waals surface area contributed by atoms with Crippen molar-refractivity contribution in [3.8, 4) is 5.75 Å². The van der Waals surface area contributed by atoms with Gasteiger partial charge in [-0.3, -0.25) is 4.79 Å². The van der Waals surface area contributed by atoms with E-state index < -0.39 is 27.7 Å². The van der Waals surface area contributed by atoms with Crippen molar-refractivity contribution in [1.82, 2.24) is 14.6 Å². The highest BCUT2D eigenvalue weighted by molar-refractivity contribution is 7.89. The van der Waals surface area contributed by atoms with Gasteiger partial charge in [-0.2, -0.15) is 17.9 Å². The number of ether oxygens (including phenoxy) is 2. The topological polar surface area (TPSA) is 138 Å². The maximum atomic E-state index is 14.1. The van der Waals surface area contributed by atoms with Crippen LogP contribution in [0.25, 0.3) is 10.9 Å². The highest BCUT2D eigenvalue weighted by Crippen LogP contribution is 2.36. The standard InChI is InChI=1S/C33H43Cl2N4O5S.C2HF3O2/c1-22-19-23(2)36-31-25(22)7-6-8-28(31)44-21-26-27(34)9-10-29(30(26)35)45(41,42)37-33(13-17-43-18-14-33)32(40)38-15-11-24(12-16-38)20-39(3,4)5;3-2(4,5)1(6)7/h6-10,19,24,37H,11-18,20-21H2,1-5H3;(H,6,7)/q+1;/p-1. The number of hydrogen-bond acceptors (Lipinski definition) is 8. The van der Waals surface area contributed by atoms with E-state index in [0.717, 1.165) is 40.5 Å². The molecule has 0 aliphatic carbocycles. The Hall–Kier alpha value is -3.21. The molecule has 11 nitrogen and oxygen atoms in total. The molecule has 0 unspecified atom stereocenters. The Bertz CT molecular complexity index is 1890. The van der Waals surface area contributed by atoms with Crippen molar-refractivity contribution in [3.05, 3.63) is 63.3 Å². The number of rotatable bonds is 9. The van der Waals surface area contributed by atoms with Crippen molar-refractivity contribution < 1.29 is 50.2 Å². The van der Waals surface area contributed by atoms with Gasteiger partial charge in [0.25, 0.3) is 0 Å². The van der Waals surface area contributed by atoms with Gasteiger partial charge >= 0.3 is 6.18 Å². The summed E-state index contributed by atoms with van der Waals surface area (Å²) >= 11 is 13.3. The summed E-state index contributed by atoms with van der Waals surface area (Å²) in [6.07, 6.45) is -2.95. The normalized spacial score (nSPS) is 17.0. The van der Waals surface area contributed by atoms with E-state index >= 15 is 0 Å². The Morgan fingerprint density at radius 1 is 1.10 bits per heavy atom. The van der Waals surface area contributed by atoms with Crippen LogP contribution in [0.1, 0.15) is 42.5 Å². The molecule has 2 aromatic carbocycles. The maximum Gasteiger partial charge on any atom is 0.430 e. The van der Waals surface area contributed by atoms with Gasteiger partial charge in [0.05, 0.1) is 32.7 Å². The van der Waals surface area contributed by atoms with Gasteiger partial charge in [-0.05, 0) is 69.4 Å². The molecule has 0 spiro atoms. The van der Waals surface area contributed by atoms with Crippen LogP contribution in [0.15, 0.2) is 41.3 Å². The third-order valence-corrected chi connectivity index (χ3v) is 11.5. The van der Waals surface area contributed by atoms with Gasteiger partial charge in [-0.25, -0.2) is 13.4 Å². The molecule has 286 valence electrons. The van der Waals surface area contributed by atoms with E-state index in [-0.39, 0.29) is 53.5 Å². The third kappa shape index (κ3) is 10.3. The zero-order valence-corrected chi connectivity index (χ0v) is 31.9. The van der Waals surface area contributed by atoms with Crippen LogP contribution in [-0.4, -0.2) is 100 Å². The molecule has 0 atom stereocenters. The van der Waals surface area contributed by atoms with Crippen LogP contribution in [-0.2, 0) is 31.0 Å². The minimum absolute atomic E-state index is 0.0497. The summed E-state index contributed by atoms with van der Waals surface area (Å²) in [5.41, 5.74) is 1.64. The molecule has 1 aromatic heterocycles. The number of sulfonamides is 1. The zero-order chi connectivity index (χ0) is 38.6. The predicted molar refractivity (Wildman–Crippen MR) is 188 cm³/mol. The van der Waals surface area contributed by atoms with Crippen molar-refractivity contribution >= 4 is 56.0 Å². The first kappa shape index (κ1) is 41.5. The highest BCUT2D eigenvalue weighted by atomic mass is 35.5. The monoisotopic (exact) mass is 790 g/mol. The average Bonchev–Trinajstić information content (AvgIpc) is 3.04. The zero-order valence-electron chi connectivity index (χ0n) is 29.6. The lowest BCUT2D eigenvalue weighted by molar-refractivity contribution is -0.874. The van der Waals surface area contributed by atoms with E-state index in [4.69, 9.17) is 42.6 Å². The summed E-state index contributed by atoms with van der Waals surface area (Å²) in [5.74, 6) is -2.16. The van der Waals surface area contributed by atoms with E-state index in [0.29, 0.717) is 35.8 Å². The van der Waals surface area contributed by atoms with Crippen molar-refractivity contribution in [2.75, 3.05) is 54.0 Å². The lowest BCUT2D eigenvalue weighted by Gasteiger charge is -2.42. The number of nitrogens with one attached hydrogen (secondary N) is 1. The highest BCUT2D eigenvalue weighted by Gasteiger charge is 2.47. The summed E-state index contributed by atoms with van der Waals surface area (Å²) in [6.45, 7) is 6.64. The first-order valence-electron chi connectivity index (χ1n) is 16.6. The van der Waals surface area contributed by atoms with Crippen LogP contribution in [0.3, 0.4) is 0 Å². The number of aromatic nitrogens is 1. The number of hydrogen-bond donors (Lipinski definition) is 1. The number of carboxylic acids is 1. The molecule has 2 saturated heterocycles. The third-order valence-electron chi connectivity index (χ3n) is 8.97. The Morgan fingerprint density at radius 2 is 1.71 bits per heavy atom. The molecular weight excluding hydrogens is 748 g/mol. The van der Waals surface area contributed by atoms with Crippen LogP contribution in [0.2, 0.25) is 10.0 Å². The van der Waals surface area contributed by atoms with Crippen LogP contribution in [0.5, 0.6) is 5.75 Å². The molecule has 52 heavy (non-hydrogen) atoms. The fourth-order valence-corrected chi connectivity index (χ4v) is 8.83. The van der Waals surface area contributed by atoms with Crippen molar-refractivity contribution in [1.29, 1.82) is 0 Å². The van der Waals surface area contributed by atoms with Crippen molar-refractivity contribution in [2.24, 2.45) is 5.92 Å². The predicted octanol–water partition coefficient (Wildman–Crippen LogP) is 4.81. The van der Waals surface area contributed by atoms with E-state index in [2.05, 4.69) is 30.8 Å². The van der Waals surface area contributed by atoms with Gasteiger partial charge in [0.15, 0.2) is 0 Å². The van der Waals surface area contributed by atoms with Gasteiger partial charge in [-0.15, -0.1) is 0 Å². The second kappa shape index (κ2) is 16.4. The number of likely N-dealkylation sites (tertiary alicyclic amines) is 1. The maximum absolute atomic E-state index is 14.1. The first-order valence-corrected chi connectivity index (χ1v) is 18.8. The molecule has 17 heteroatoms. The Kier molecular flexibility index (Phi) is 13.1. The Balaban J connectivity index is 0.000000785. The number of amides is 1. The summed E-state index contributed by atoms with van der Waals surface area (Å²) in [5, 5.41) is 9.96. The van der Waals surface area contributed by atoms with E-state index in [1.807, 2.05) is 43.0 Å². The summed E-state index contributed by atoms with van der Waals surface area (Å²) < 4.78 is 74.9. The van der Waals surface area contributed by atoms with Crippen LogP contribution in [0.4, 0.5) is 13.2 Å². The summed E-state index contributed by atoms with van der Waals surface area (Å²) in [7, 11) is 2.27. The van der Waals surface area contributed by atoms with Gasteiger partial charge in [0, 0.05) is 53.9 Å². The molecule has 3 aromatic rings. The van der Waals surface area contributed by atoms with E-state index in [1.165, 1.54) is 12.1 Å². The van der Waals surface area contributed by atoms with Crippen LogP contribution in [0, 0.1) is 19.8 Å². The van der Waals surface area contributed by atoms with Gasteiger partial charge < -0.3 is 28.8 Å². The number of aliphatic carboxylic acids is 1. The molecule has 2 fully saturated rings. The smallest absolute Gasteiger partial charge is 0.430 e. The second-order valence-electron chi connectivity index (χ2n) is 14.2. The van der Waals surface area contributed by atoms with Gasteiger partial charge in [0.1, 0.15) is 34.3 Å². The minimum atomic E-state index is -5.19. The minimum Gasteiger partial charge on any atom is -0.542 e. The Morgan fingerprint density at radius 3 is 2.29 bits per heavy atom. The fraction of sp³-hybridized carbons (Fsp3) is 0.514. The number of para-hydroxylation sites is 1. The Labute approximate surface area is 311 Å². The second-order valence-corrected chi connectivity index (χ2v) is 16.6. The molecule has 3 heterocycles. The number of aryl methyl sites for hydroxylation is 2. The van der Waals surface area contributed by atoms with Gasteiger partial charge in [-0.1, -0.05) is 35.3 Å². The van der Waals surface area contributed by atoms with Crippen LogP contribution >= 0.6 is 23.2 Å². The molecule has 1 amide bonds. The largest absolute Gasteiger partial charge is 0.542 e. The number of quaternary nitrogens is 1. The first-order chi connectivity index (χ1) is 24.1. The number of carboxylic acid groups (broad SMARTS) is 1. The summed E-state index contributed by atoms with van der Waals surface area (Å²) in [6, 6.07) is 10.5. The fourth-order valence-electron chi connectivity index (χ4n) is 6.53. The number of nitrogens with zero attached hydrogens (tertiary/aromatic N) is 3. The number of halogens is 5. The molecule has 0 bridgehead atoms. The van der Waals surface area contributed by atoms with Crippen molar-refractivity contribution in [3.63, 3.8) is 0 Å². The lowest BCUT2D eigenvalue weighted by atomic mass is 9.87. The number of carbonyl (C=O) groups excluding carboxylic acids is 2. The number of benzene rings is 2. The SMILES string of the molecule is Cc1cc(C)c2cccc(OCc3c(Cl)ccc(S(=O)(=O)NC4(C(=O)N5CCC(C[N+](C)(C)C)CC5)CCOCC4)c3Cl)c2n1.O=C([O-])C(F)(F)F. The number of pyridine rings is 1. The lowest BCUT2D eigenvalue weighted by Crippen LogP contribution is -2.63. The van der Waals surface area contributed by atoms with Crippen LogP contribution < -0.4 is 14.6 Å². The number of piperidine rings is 1. The molecule has 0 saturated carbocycles. The molecule has 2 aliphatic heterocycles. The molecule has 5 rings (SSSR count). The molecule has 2 aliphatic rings. The number of carbonyl (C=O) groups is 2. The van der Waals surface area contributed by atoms with E-state index in [9.17, 15) is 26.4 Å².